The van der Waals surface area contributed by atoms with E-state index in [2.05, 4.69) is 29.2 Å². The zero-order chi connectivity index (χ0) is 12.1. The Balaban J connectivity index is 1.58. The monoisotopic (exact) mass is 239 g/mol. The minimum Gasteiger partial charge on any atom is -0.317 e. The second kappa shape index (κ2) is 6.72. The summed E-state index contributed by atoms with van der Waals surface area (Å²) in [4.78, 5) is 5.03. The topological polar surface area (TPSA) is 18.5 Å². The van der Waals surface area contributed by atoms with Crippen LogP contribution in [-0.4, -0.2) is 63.2 Å². The second-order valence-corrected chi connectivity index (χ2v) is 6.16. The molecule has 3 nitrogen and oxygen atoms in total. The molecule has 1 unspecified atom stereocenters. The first-order chi connectivity index (χ1) is 8.24. The van der Waals surface area contributed by atoms with Crippen LogP contribution >= 0.6 is 0 Å². The van der Waals surface area contributed by atoms with Crippen LogP contribution in [0.3, 0.4) is 0 Å². The van der Waals surface area contributed by atoms with Crippen molar-refractivity contribution in [2.45, 2.75) is 25.7 Å². The largest absolute Gasteiger partial charge is 0.317 e. The Morgan fingerprint density at radius 3 is 2.59 bits per heavy atom. The SMILES string of the molecule is CN(CCC1CCN(C)C1)CC1CCNCC1. The van der Waals surface area contributed by atoms with E-state index in [0.717, 1.165) is 11.8 Å². The van der Waals surface area contributed by atoms with E-state index in [4.69, 9.17) is 0 Å². The lowest BCUT2D eigenvalue weighted by molar-refractivity contribution is 0.227. The van der Waals surface area contributed by atoms with Crippen LogP contribution in [0.25, 0.3) is 0 Å². The van der Waals surface area contributed by atoms with Gasteiger partial charge in [-0.3, -0.25) is 0 Å². The van der Waals surface area contributed by atoms with Crippen molar-refractivity contribution in [2.75, 3.05) is 53.4 Å². The van der Waals surface area contributed by atoms with Gasteiger partial charge in [0, 0.05) is 13.1 Å². The number of hydrogen-bond acceptors (Lipinski definition) is 3. The molecule has 0 aromatic heterocycles. The molecule has 0 aliphatic carbocycles. The summed E-state index contributed by atoms with van der Waals surface area (Å²) in [6.45, 7) is 7.69. The normalized spacial score (nSPS) is 28.1. The van der Waals surface area contributed by atoms with Crippen LogP contribution in [0.2, 0.25) is 0 Å². The Hall–Kier alpha value is -0.120. The molecule has 2 saturated heterocycles. The van der Waals surface area contributed by atoms with E-state index in [1.165, 1.54) is 65.0 Å². The quantitative estimate of drug-likeness (QED) is 0.779. The maximum atomic E-state index is 3.45. The van der Waals surface area contributed by atoms with Crippen molar-refractivity contribution in [2.24, 2.45) is 11.8 Å². The van der Waals surface area contributed by atoms with Crippen molar-refractivity contribution in [3.63, 3.8) is 0 Å². The van der Waals surface area contributed by atoms with Gasteiger partial charge in [0.1, 0.15) is 0 Å². The summed E-state index contributed by atoms with van der Waals surface area (Å²) in [7, 11) is 4.56. The minimum absolute atomic E-state index is 0.938. The zero-order valence-electron chi connectivity index (χ0n) is 11.6. The third-order valence-corrected chi connectivity index (χ3v) is 4.44. The van der Waals surface area contributed by atoms with E-state index in [0.29, 0.717) is 0 Å². The molecule has 17 heavy (non-hydrogen) atoms. The van der Waals surface area contributed by atoms with E-state index >= 15 is 0 Å². The molecule has 3 heteroatoms. The lowest BCUT2D eigenvalue weighted by Crippen LogP contribution is -2.35. The summed E-state index contributed by atoms with van der Waals surface area (Å²) in [5, 5.41) is 3.45. The van der Waals surface area contributed by atoms with Gasteiger partial charge in [-0.05, 0) is 77.8 Å². The molecule has 0 spiro atoms. The van der Waals surface area contributed by atoms with Gasteiger partial charge in [-0.1, -0.05) is 0 Å². The highest BCUT2D eigenvalue weighted by Crippen LogP contribution is 2.19. The van der Waals surface area contributed by atoms with Crippen LogP contribution in [0.1, 0.15) is 25.7 Å². The van der Waals surface area contributed by atoms with Gasteiger partial charge in [0.25, 0.3) is 0 Å². The van der Waals surface area contributed by atoms with E-state index in [1.54, 1.807) is 0 Å². The van der Waals surface area contributed by atoms with Crippen molar-refractivity contribution in [1.29, 1.82) is 0 Å². The first kappa shape index (κ1) is 13.3. The van der Waals surface area contributed by atoms with Crippen LogP contribution < -0.4 is 5.32 Å². The van der Waals surface area contributed by atoms with Gasteiger partial charge >= 0.3 is 0 Å². The number of piperidine rings is 1. The van der Waals surface area contributed by atoms with Crippen LogP contribution in [0.4, 0.5) is 0 Å². The highest BCUT2D eigenvalue weighted by atomic mass is 15.1. The Morgan fingerprint density at radius 1 is 1.18 bits per heavy atom. The maximum Gasteiger partial charge on any atom is 0.000756 e. The Morgan fingerprint density at radius 2 is 1.94 bits per heavy atom. The number of hydrogen-bond donors (Lipinski definition) is 1. The lowest BCUT2D eigenvalue weighted by Gasteiger charge is -2.28. The summed E-state index contributed by atoms with van der Waals surface area (Å²) in [5.74, 6) is 1.89. The predicted octanol–water partition coefficient (Wildman–Crippen LogP) is 1.26. The summed E-state index contributed by atoms with van der Waals surface area (Å²) < 4.78 is 0. The third-order valence-electron chi connectivity index (χ3n) is 4.44. The minimum atomic E-state index is 0.938. The number of rotatable bonds is 5. The van der Waals surface area contributed by atoms with Crippen molar-refractivity contribution in [1.82, 2.24) is 15.1 Å². The summed E-state index contributed by atoms with van der Waals surface area (Å²) in [6.07, 6.45) is 5.55. The number of nitrogens with zero attached hydrogens (tertiary/aromatic N) is 2. The molecule has 0 radical (unpaired) electrons. The molecule has 1 atom stereocenters. The van der Waals surface area contributed by atoms with Crippen molar-refractivity contribution in [3.8, 4) is 0 Å². The molecule has 100 valence electrons. The Kier molecular flexibility index (Phi) is 5.26. The first-order valence-corrected chi connectivity index (χ1v) is 7.32. The Labute approximate surface area is 107 Å². The van der Waals surface area contributed by atoms with Crippen molar-refractivity contribution in [3.05, 3.63) is 0 Å². The summed E-state index contributed by atoms with van der Waals surface area (Å²) >= 11 is 0. The van der Waals surface area contributed by atoms with Crippen LogP contribution in [0.5, 0.6) is 0 Å². The highest BCUT2D eigenvalue weighted by Gasteiger charge is 2.20. The molecule has 0 amide bonds. The lowest BCUT2D eigenvalue weighted by atomic mass is 9.97. The molecule has 0 bridgehead atoms. The van der Waals surface area contributed by atoms with Crippen LogP contribution in [-0.2, 0) is 0 Å². The molecule has 0 aromatic rings. The first-order valence-electron chi connectivity index (χ1n) is 7.32. The standard InChI is InChI=1S/C14H29N3/c1-16(11-13-3-7-15-8-4-13)9-5-14-6-10-17(2)12-14/h13-15H,3-12H2,1-2H3. The fourth-order valence-electron chi connectivity index (χ4n) is 3.26. The van der Waals surface area contributed by atoms with Gasteiger partial charge in [-0.15, -0.1) is 0 Å². The average Bonchev–Trinajstić information content (AvgIpc) is 2.74. The van der Waals surface area contributed by atoms with E-state index < -0.39 is 0 Å². The van der Waals surface area contributed by atoms with Gasteiger partial charge in [-0.2, -0.15) is 0 Å². The zero-order valence-corrected chi connectivity index (χ0v) is 11.6. The van der Waals surface area contributed by atoms with Crippen molar-refractivity contribution < 1.29 is 0 Å². The summed E-state index contributed by atoms with van der Waals surface area (Å²) in [6, 6.07) is 0. The smallest absolute Gasteiger partial charge is 0.000756 e. The Bertz CT molecular complexity index is 214. The molecule has 0 aromatic carbocycles. The molecule has 2 fully saturated rings. The third kappa shape index (κ3) is 4.57. The van der Waals surface area contributed by atoms with Gasteiger partial charge in [0.15, 0.2) is 0 Å². The second-order valence-electron chi connectivity index (χ2n) is 6.16. The fraction of sp³-hybridized carbons (Fsp3) is 1.00. The highest BCUT2D eigenvalue weighted by molar-refractivity contribution is 4.75. The molecule has 2 aliphatic heterocycles. The van der Waals surface area contributed by atoms with Crippen LogP contribution in [0, 0.1) is 11.8 Å². The van der Waals surface area contributed by atoms with E-state index in [9.17, 15) is 0 Å². The summed E-state index contributed by atoms with van der Waals surface area (Å²) in [5.41, 5.74) is 0. The van der Waals surface area contributed by atoms with E-state index in [1.807, 2.05) is 0 Å². The van der Waals surface area contributed by atoms with Gasteiger partial charge in [0.2, 0.25) is 0 Å². The van der Waals surface area contributed by atoms with E-state index in [-0.39, 0.29) is 0 Å². The molecule has 0 saturated carbocycles. The number of likely N-dealkylation sites (tertiary alicyclic amines) is 1. The average molecular weight is 239 g/mol. The molecule has 2 aliphatic rings. The molecule has 2 heterocycles. The van der Waals surface area contributed by atoms with Gasteiger partial charge in [-0.25, -0.2) is 0 Å². The predicted molar refractivity (Wildman–Crippen MR) is 73.3 cm³/mol. The maximum absolute atomic E-state index is 3.45. The molecule has 1 N–H and O–H groups in total. The molecular formula is C14H29N3. The number of nitrogens with one attached hydrogen (secondary N) is 1. The van der Waals surface area contributed by atoms with Crippen molar-refractivity contribution >= 4 is 0 Å². The molecular weight excluding hydrogens is 210 g/mol. The van der Waals surface area contributed by atoms with Gasteiger partial charge in [0.05, 0.1) is 0 Å². The van der Waals surface area contributed by atoms with Crippen LogP contribution in [0.15, 0.2) is 0 Å². The van der Waals surface area contributed by atoms with Gasteiger partial charge < -0.3 is 15.1 Å². The molecule has 2 rings (SSSR count). The fourth-order valence-corrected chi connectivity index (χ4v) is 3.26.